The molecule has 1 amide bonds. The molecule has 1 fully saturated rings. The third kappa shape index (κ3) is 4.54. The van der Waals surface area contributed by atoms with E-state index < -0.39 is 0 Å². The third-order valence-corrected chi connectivity index (χ3v) is 3.88. The van der Waals surface area contributed by atoms with Gasteiger partial charge in [-0.15, -0.1) is 0 Å². The lowest BCUT2D eigenvalue weighted by Crippen LogP contribution is -2.31. The molecule has 3 heteroatoms. The Labute approximate surface area is 102 Å². The number of nitrogens with zero attached hydrogens (tertiary/aromatic N) is 1. The SMILES string of the molecule is CCC1CCC(=O)N(CCCCBr)CC1. The lowest BCUT2D eigenvalue weighted by atomic mass is 9.98. The van der Waals surface area contributed by atoms with Gasteiger partial charge < -0.3 is 4.90 Å². The fourth-order valence-corrected chi connectivity index (χ4v) is 2.53. The molecular weight excluding hydrogens is 254 g/mol. The molecule has 1 rings (SSSR count). The van der Waals surface area contributed by atoms with E-state index in [1.807, 2.05) is 0 Å². The zero-order chi connectivity index (χ0) is 11.1. The maximum absolute atomic E-state index is 11.8. The normalized spacial score (nSPS) is 22.9. The fraction of sp³-hybridized carbons (Fsp3) is 0.917. The minimum absolute atomic E-state index is 0.375. The van der Waals surface area contributed by atoms with Crippen LogP contribution in [0.1, 0.15) is 45.4 Å². The monoisotopic (exact) mass is 275 g/mol. The van der Waals surface area contributed by atoms with E-state index >= 15 is 0 Å². The van der Waals surface area contributed by atoms with E-state index in [1.54, 1.807) is 0 Å². The molecule has 0 aliphatic carbocycles. The lowest BCUT2D eigenvalue weighted by molar-refractivity contribution is -0.130. The molecule has 1 heterocycles. The van der Waals surface area contributed by atoms with Crippen molar-refractivity contribution < 1.29 is 4.79 Å². The first-order valence-corrected chi connectivity index (χ1v) is 7.23. The zero-order valence-corrected chi connectivity index (χ0v) is 11.3. The maximum Gasteiger partial charge on any atom is 0.222 e. The Morgan fingerprint density at radius 2 is 2.20 bits per heavy atom. The Morgan fingerprint density at radius 3 is 2.87 bits per heavy atom. The van der Waals surface area contributed by atoms with Gasteiger partial charge in [-0.1, -0.05) is 29.3 Å². The maximum atomic E-state index is 11.8. The summed E-state index contributed by atoms with van der Waals surface area (Å²) in [5.41, 5.74) is 0. The second-order valence-electron chi connectivity index (χ2n) is 4.38. The summed E-state index contributed by atoms with van der Waals surface area (Å²) in [5.74, 6) is 1.15. The minimum Gasteiger partial charge on any atom is -0.343 e. The number of amides is 1. The van der Waals surface area contributed by atoms with Crippen molar-refractivity contribution in [2.75, 3.05) is 18.4 Å². The van der Waals surface area contributed by atoms with E-state index in [9.17, 15) is 4.79 Å². The van der Waals surface area contributed by atoms with Crippen molar-refractivity contribution in [3.8, 4) is 0 Å². The standard InChI is InChI=1S/C12H22BrNO/c1-2-11-5-6-12(15)14(10-7-11)9-4-3-8-13/h11H,2-10H2,1H3. The zero-order valence-electron chi connectivity index (χ0n) is 9.67. The predicted molar refractivity (Wildman–Crippen MR) is 67.2 cm³/mol. The Bertz CT molecular complexity index is 196. The van der Waals surface area contributed by atoms with Crippen molar-refractivity contribution in [2.45, 2.75) is 45.4 Å². The highest BCUT2D eigenvalue weighted by Gasteiger charge is 2.20. The van der Waals surface area contributed by atoms with Gasteiger partial charge in [0.1, 0.15) is 0 Å². The van der Waals surface area contributed by atoms with Crippen molar-refractivity contribution in [3.05, 3.63) is 0 Å². The van der Waals surface area contributed by atoms with Crippen molar-refractivity contribution >= 4 is 21.8 Å². The number of halogens is 1. The molecule has 1 aliphatic heterocycles. The van der Waals surface area contributed by atoms with Gasteiger partial charge in [0.15, 0.2) is 0 Å². The van der Waals surface area contributed by atoms with Crippen molar-refractivity contribution in [1.82, 2.24) is 4.90 Å². The van der Waals surface area contributed by atoms with Crippen LogP contribution in [0.15, 0.2) is 0 Å². The highest BCUT2D eigenvalue weighted by Crippen LogP contribution is 2.21. The van der Waals surface area contributed by atoms with Crippen LogP contribution < -0.4 is 0 Å². The smallest absolute Gasteiger partial charge is 0.222 e. The van der Waals surface area contributed by atoms with Gasteiger partial charge in [-0.3, -0.25) is 4.79 Å². The molecule has 1 saturated heterocycles. The molecule has 0 N–H and O–H groups in total. The van der Waals surface area contributed by atoms with Crippen LogP contribution in [0.25, 0.3) is 0 Å². The minimum atomic E-state index is 0.375. The van der Waals surface area contributed by atoms with Gasteiger partial charge in [-0.05, 0) is 31.6 Å². The van der Waals surface area contributed by atoms with Gasteiger partial charge in [0, 0.05) is 24.8 Å². The van der Waals surface area contributed by atoms with Crippen LogP contribution in [-0.2, 0) is 4.79 Å². The summed E-state index contributed by atoms with van der Waals surface area (Å²) in [6.07, 6.45) is 6.60. The molecule has 1 aliphatic rings. The summed E-state index contributed by atoms with van der Waals surface area (Å²) < 4.78 is 0. The number of alkyl halides is 1. The van der Waals surface area contributed by atoms with E-state index in [0.717, 1.165) is 43.6 Å². The van der Waals surface area contributed by atoms with Gasteiger partial charge in [0.2, 0.25) is 5.91 Å². The second-order valence-corrected chi connectivity index (χ2v) is 5.17. The van der Waals surface area contributed by atoms with E-state index in [0.29, 0.717) is 5.91 Å². The number of rotatable bonds is 5. The third-order valence-electron chi connectivity index (χ3n) is 3.32. The average molecular weight is 276 g/mol. The molecule has 1 atom stereocenters. The molecule has 0 aromatic heterocycles. The Morgan fingerprint density at radius 1 is 1.40 bits per heavy atom. The first-order valence-electron chi connectivity index (χ1n) is 6.11. The number of hydrogen-bond donors (Lipinski definition) is 0. The molecule has 15 heavy (non-hydrogen) atoms. The van der Waals surface area contributed by atoms with Gasteiger partial charge in [-0.2, -0.15) is 0 Å². The molecule has 2 nitrogen and oxygen atoms in total. The van der Waals surface area contributed by atoms with Gasteiger partial charge in [-0.25, -0.2) is 0 Å². The number of carbonyl (C=O) groups excluding carboxylic acids is 1. The van der Waals surface area contributed by atoms with Gasteiger partial charge in [0.05, 0.1) is 0 Å². The summed E-state index contributed by atoms with van der Waals surface area (Å²) in [4.78, 5) is 13.9. The summed E-state index contributed by atoms with van der Waals surface area (Å²) >= 11 is 3.42. The molecule has 0 aromatic carbocycles. The Balaban J connectivity index is 2.33. The summed E-state index contributed by atoms with van der Waals surface area (Å²) in [7, 11) is 0. The van der Waals surface area contributed by atoms with E-state index in [1.165, 1.54) is 19.3 Å². The number of likely N-dealkylation sites (tertiary alicyclic amines) is 1. The van der Waals surface area contributed by atoms with Crippen LogP contribution in [0.3, 0.4) is 0 Å². The molecule has 0 spiro atoms. The number of unbranched alkanes of at least 4 members (excludes halogenated alkanes) is 1. The largest absolute Gasteiger partial charge is 0.343 e. The number of carbonyl (C=O) groups is 1. The Kier molecular flexibility index (Phi) is 6.30. The topological polar surface area (TPSA) is 20.3 Å². The van der Waals surface area contributed by atoms with Crippen molar-refractivity contribution in [2.24, 2.45) is 5.92 Å². The molecule has 0 bridgehead atoms. The Hall–Kier alpha value is -0.0500. The van der Waals surface area contributed by atoms with Crippen molar-refractivity contribution in [1.29, 1.82) is 0 Å². The van der Waals surface area contributed by atoms with Crippen LogP contribution >= 0.6 is 15.9 Å². The average Bonchev–Trinajstić information content (AvgIpc) is 2.42. The van der Waals surface area contributed by atoms with Gasteiger partial charge >= 0.3 is 0 Å². The van der Waals surface area contributed by atoms with Crippen LogP contribution in [0.5, 0.6) is 0 Å². The first kappa shape index (κ1) is 13.0. The van der Waals surface area contributed by atoms with Crippen LogP contribution in [-0.4, -0.2) is 29.2 Å². The van der Waals surface area contributed by atoms with E-state index in [2.05, 4.69) is 27.8 Å². The first-order chi connectivity index (χ1) is 7.27. The van der Waals surface area contributed by atoms with Crippen molar-refractivity contribution in [3.63, 3.8) is 0 Å². The quantitative estimate of drug-likeness (QED) is 0.558. The molecule has 1 unspecified atom stereocenters. The summed E-state index contributed by atoms with van der Waals surface area (Å²) in [6.45, 7) is 4.18. The fourth-order valence-electron chi connectivity index (χ4n) is 2.14. The van der Waals surface area contributed by atoms with Crippen LogP contribution in [0.2, 0.25) is 0 Å². The summed E-state index contributed by atoms with van der Waals surface area (Å²) in [6, 6.07) is 0. The molecule has 0 radical (unpaired) electrons. The molecule has 0 saturated carbocycles. The summed E-state index contributed by atoms with van der Waals surface area (Å²) in [5, 5.41) is 1.05. The van der Waals surface area contributed by atoms with E-state index in [-0.39, 0.29) is 0 Å². The van der Waals surface area contributed by atoms with E-state index in [4.69, 9.17) is 0 Å². The lowest BCUT2D eigenvalue weighted by Gasteiger charge is -2.20. The van der Waals surface area contributed by atoms with Crippen LogP contribution in [0.4, 0.5) is 0 Å². The molecular formula is C12H22BrNO. The molecule has 88 valence electrons. The highest BCUT2D eigenvalue weighted by atomic mass is 79.9. The number of hydrogen-bond acceptors (Lipinski definition) is 1. The van der Waals surface area contributed by atoms with Gasteiger partial charge in [0.25, 0.3) is 0 Å². The van der Waals surface area contributed by atoms with Crippen LogP contribution in [0, 0.1) is 5.92 Å². The highest BCUT2D eigenvalue weighted by molar-refractivity contribution is 9.09. The molecule has 0 aromatic rings. The second kappa shape index (κ2) is 7.26. The predicted octanol–water partition coefficient (Wildman–Crippen LogP) is 3.20.